The van der Waals surface area contributed by atoms with Crippen LogP contribution in [0.1, 0.15) is 35.7 Å². The highest BCUT2D eigenvalue weighted by Gasteiger charge is 2.23. The lowest BCUT2D eigenvalue weighted by Crippen LogP contribution is -2.49. The molecule has 0 atom stereocenters. The molecular formula is C22H26N6O. The number of piperazine rings is 1. The summed E-state index contributed by atoms with van der Waals surface area (Å²) < 4.78 is 1.82. The van der Waals surface area contributed by atoms with Crippen LogP contribution in [-0.2, 0) is 0 Å². The molecule has 3 aromatic rings. The molecule has 2 aromatic carbocycles. The Morgan fingerprint density at radius 1 is 0.966 bits per heavy atom. The van der Waals surface area contributed by atoms with Crippen molar-refractivity contribution >= 4 is 17.3 Å². The number of nitrogen functional groups attached to an aromatic ring is 1. The Bertz CT molecular complexity index is 973. The van der Waals surface area contributed by atoms with E-state index < -0.39 is 0 Å². The van der Waals surface area contributed by atoms with E-state index in [1.807, 2.05) is 51.9 Å². The van der Waals surface area contributed by atoms with Gasteiger partial charge in [0.25, 0.3) is 5.91 Å². The average Bonchev–Trinajstić information content (AvgIpc) is 3.28. The second-order valence-electron chi connectivity index (χ2n) is 7.67. The van der Waals surface area contributed by atoms with Crippen LogP contribution >= 0.6 is 0 Å². The fraction of sp³-hybridized carbons (Fsp3) is 0.318. The second kappa shape index (κ2) is 7.95. The predicted octanol–water partition coefficient (Wildman–Crippen LogP) is 2.94. The summed E-state index contributed by atoms with van der Waals surface area (Å²) in [7, 11) is 0. The van der Waals surface area contributed by atoms with Crippen molar-refractivity contribution in [1.29, 1.82) is 0 Å². The van der Waals surface area contributed by atoms with Crippen molar-refractivity contribution < 1.29 is 4.79 Å². The van der Waals surface area contributed by atoms with Crippen molar-refractivity contribution in [2.75, 3.05) is 36.8 Å². The second-order valence-corrected chi connectivity index (χ2v) is 7.67. The van der Waals surface area contributed by atoms with Crippen molar-refractivity contribution in [2.24, 2.45) is 0 Å². The minimum atomic E-state index is 0.0934. The molecule has 1 saturated heterocycles. The van der Waals surface area contributed by atoms with Crippen molar-refractivity contribution in [3.8, 4) is 5.69 Å². The summed E-state index contributed by atoms with van der Waals surface area (Å²) in [4.78, 5) is 17.0. The zero-order valence-electron chi connectivity index (χ0n) is 16.8. The van der Waals surface area contributed by atoms with E-state index in [-0.39, 0.29) is 5.91 Å². The van der Waals surface area contributed by atoms with Crippen molar-refractivity contribution in [2.45, 2.75) is 19.8 Å². The van der Waals surface area contributed by atoms with Crippen LogP contribution in [0.2, 0.25) is 0 Å². The highest BCUT2D eigenvalue weighted by molar-refractivity contribution is 5.94. The molecule has 29 heavy (non-hydrogen) atoms. The number of amides is 1. The first-order valence-corrected chi connectivity index (χ1v) is 9.91. The van der Waals surface area contributed by atoms with Crippen LogP contribution in [0.3, 0.4) is 0 Å². The standard InChI is InChI=1S/C22H26N6O/c1-16(2)17-3-5-18(6-4-17)22(29)27-11-9-26(10-12-27)21-8-7-19(13-20(21)23)28-14-24-25-15-28/h3-8,13-16H,9-12,23H2,1-2H3. The van der Waals surface area contributed by atoms with Crippen LogP contribution in [0.5, 0.6) is 0 Å². The molecule has 1 aliphatic rings. The molecule has 0 radical (unpaired) electrons. The van der Waals surface area contributed by atoms with Crippen LogP contribution in [0.15, 0.2) is 55.1 Å². The SMILES string of the molecule is CC(C)c1ccc(C(=O)N2CCN(c3ccc(-n4cnnc4)cc3N)CC2)cc1. The molecule has 0 saturated carbocycles. The van der Waals surface area contributed by atoms with Gasteiger partial charge in [-0.05, 0) is 41.8 Å². The third-order valence-corrected chi connectivity index (χ3v) is 5.46. The molecule has 0 aliphatic carbocycles. The Balaban J connectivity index is 1.41. The van der Waals surface area contributed by atoms with Gasteiger partial charge >= 0.3 is 0 Å². The first-order valence-electron chi connectivity index (χ1n) is 9.91. The van der Waals surface area contributed by atoms with Gasteiger partial charge in [0.15, 0.2) is 0 Å². The summed E-state index contributed by atoms with van der Waals surface area (Å²) in [5.41, 5.74) is 10.9. The van der Waals surface area contributed by atoms with Gasteiger partial charge in [-0.1, -0.05) is 26.0 Å². The van der Waals surface area contributed by atoms with E-state index in [9.17, 15) is 4.79 Å². The number of aromatic nitrogens is 3. The summed E-state index contributed by atoms with van der Waals surface area (Å²) >= 11 is 0. The average molecular weight is 390 g/mol. The van der Waals surface area contributed by atoms with Gasteiger partial charge in [-0.25, -0.2) is 0 Å². The molecular weight excluding hydrogens is 364 g/mol. The first kappa shape index (κ1) is 19.0. The number of carbonyl (C=O) groups excluding carboxylic acids is 1. The zero-order chi connectivity index (χ0) is 20.4. The summed E-state index contributed by atoms with van der Waals surface area (Å²) in [6.45, 7) is 7.17. The molecule has 2 N–H and O–H groups in total. The maximum Gasteiger partial charge on any atom is 0.253 e. The van der Waals surface area contributed by atoms with Crippen LogP contribution in [-0.4, -0.2) is 51.8 Å². The van der Waals surface area contributed by atoms with E-state index >= 15 is 0 Å². The molecule has 1 aromatic heterocycles. The van der Waals surface area contributed by atoms with Crippen molar-refractivity contribution in [3.05, 3.63) is 66.2 Å². The first-order chi connectivity index (χ1) is 14.0. The minimum absolute atomic E-state index is 0.0934. The molecule has 0 bridgehead atoms. The number of carbonyl (C=O) groups is 1. The number of rotatable bonds is 4. The Hall–Kier alpha value is -3.35. The number of nitrogens with zero attached hydrogens (tertiary/aromatic N) is 5. The topological polar surface area (TPSA) is 80.3 Å². The Kier molecular flexibility index (Phi) is 5.20. The van der Waals surface area contributed by atoms with Gasteiger partial charge in [-0.3, -0.25) is 9.36 Å². The minimum Gasteiger partial charge on any atom is -0.397 e. The normalized spacial score (nSPS) is 14.4. The largest absolute Gasteiger partial charge is 0.397 e. The van der Waals surface area contributed by atoms with E-state index in [0.29, 0.717) is 24.7 Å². The molecule has 150 valence electrons. The van der Waals surface area contributed by atoms with Crippen LogP contribution in [0, 0.1) is 0 Å². The number of anilines is 2. The summed E-state index contributed by atoms with van der Waals surface area (Å²) in [6, 6.07) is 13.9. The Morgan fingerprint density at radius 3 is 2.21 bits per heavy atom. The third-order valence-electron chi connectivity index (χ3n) is 5.46. The van der Waals surface area contributed by atoms with Gasteiger partial charge in [0, 0.05) is 31.7 Å². The van der Waals surface area contributed by atoms with E-state index in [1.54, 1.807) is 12.7 Å². The van der Waals surface area contributed by atoms with Gasteiger partial charge in [0.2, 0.25) is 0 Å². The monoisotopic (exact) mass is 390 g/mol. The fourth-order valence-corrected chi connectivity index (χ4v) is 3.67. The lowest BCUT2D eigenvalue weighted by molar-refractivity contribution is 0.0747. The summed E-state index contributed by atoms with van der Waals surface area (Å²) in [5.74, 6) is 0.556. The lowest BCUT2D eigenvalue weighted by atomic mass is 10.0. The van der Waals surface area contributed by atoms with E-state index in [2.05, 4.69) is 28.9 Å². The van der Waals surface area contributed by atoms with Gasteiger partial charge in [-0.2, -0.15) is 0 Å². The van der Waals surface area contributed by atoms with E-state index in [1.165, 1.54) is 5.56 Å². The molecule has 4 rings (SSSR count). The lowest BCUT2D eigenvalue weighted by Gasteiger charge is -2.36. The van der Waals surface area contributed by atoms with Crippen LogP contribution < -0.4 is 10.6 Å². The van der Waals surface area contributed by atoms with Crippen molar-refractivity contribution in [1.82, 2.24) is 19.7 Å². The molecule has 2 heterocycles. The smallest absolute Gasteiger partial charge is 0.253 e. The van der Waals surface area contributed by atoms with Gasteiger partial charge < -0.3 is 15.5 Å². The van der Waals surface area contributed by atoms with E-state index in [0.717, 1.165) is 30.0 Å². The number of nitrogens with two attached hydrogens (primary N) is 1. The predicted molar refractivity (Wildman–Crippen MR) is 114 cm³/mol. The van der Waals surface area contributed by atoms with Gasteiger partial charge in [0.1, 0.15) is 12.7 Å². The molecule has 1 aliphatic heterocycles. The number of hydrogen-bond acceptors (Lipinski definition) is 5. The Labute approximate surface area is 170 Å². The zero-order valence-corrected chi connectivity index (χ0v) is 16.8. The quantitative estimate of drug-likeness (QED) is 0.693. The molecule has 0 spiro atoms. The molecule has 1 fully saturated rings. The van der Waals surface area contributed by atoms with Gasteiger partial charge in [0.05, 0.1) is 17.1 Å². The van der Waals surface area contributed by atoms with Crippen molar-refractivity contribution in [3.63, 3.8) is 0 Å². The number of hydrogen-bond donors (Lipinski definition) is 1. The Morgan fingerprint density at radius 2 is 1.62 bits per heavy atom. The van der Waals surface area contributed by atoms with E-state index in [4.69, 9.17) is 5.73 Å². The highest BCUT2D eigenvalue weighted by atomic mass is 16.2. The van der Waals surface area contributed by atoms with Crippen LogP contribution in [0.4, 0.5) is 11.4 Å². The maximum absolute atomic E-state index is 12.8. The highest BCUT2D eigenvalue weighted by Crippen LogP contribution is 2.27. The molecule has 7 nitrogen and oxygen atoms in total. The maximum atomic E-state index is 12.8. The van der Waals surface area contributed by atoms with Gasteiger partial charge in [-0.15, -0.1) is 10.2 Å². The summed E-state index contributed by atoms with van der Waals surface area (Å²) in [6.07, 6.45) is 3.29. The fourth-order valence-electron chi connectivity index (χ4n) is 3.67. The number of benzene rings is 2. The summed E-state index contributed by atoms with van der Waals surface area (Å²) in [5, 5.41) is 7.66. The molecule has 7 heteroatoms. The third kappa shape index (κ3) is 3.94. The van der Waals surface area contributed by atoms with Crippen LogP contribution in [0.25, 0.3) is 5.69 Å². The molecule has 0 unspecified atom stereocenters. The molecule has 1 amide bonds.